The van der Waals surface area contributed by atoms with Crippen LogP contribution in [0.4, 0.5) is 0 Å². The van der Waals surface area contributed by atoms with E-state index < -0.39 is 5.97 Å². The molecule has 84 valence electrons. The molecule has 0 radical (unpaired) electrons. The summed E-state index contributed by atoms with van der Waals surface area (Å²) < 4.78 is 5.47. The number of carboxylic acid groups (broad SMARTS) is 1. The predicted octanol–water partition coefficient (Wildman–Crippen LogP) is 2.70. The van der Waals surface area contributed by atoms with Gasteiger partial charge in [-0.3, -0.25) is 0 Å². The predicted molar refractivity (Wildman–Crippen MR) is 65.1 cm³/mol. The van der Waals surface area contributed by atoms with E-state index in [-0.39, 0.29) is 0 Å². The fourth-order valence-electron chi connectivity index (χ4n) is 2.16. The number of benzene rings is 2. The van der Waals surface area contributed by atoms with Crippen LogP contribution in [0.25, 0.3) is 16.3 Å². The molecule has 0 aliphatic carbocycles. The van der Waals surface area contributed by atoms with E-state index in [1.807, 2.05) is 36.4 Å². The largest absolute Gasteiger partial charge is 0.489 e. The molecule has 0 atom stereocenters. The summed E-state index contributed by atoms with van der Waals surface area (Å²) in [6.45, 7) is 0.312. The van der Waals surface area contributed by atoms with Crippen LogP contribution in [0, 0.1) is 0 Å². The highest BCUT2D eigenvalue weighted by Gasteiger charge is 2.21. The summed E-state index contributed by atoms with van der Waals surface area (Å²) in [4.78, 5) is 11.2. The molecular formula is C14H10O3. The summed E-state index contributed by atoms with van der Waals surface area (Å²) in [7, 11) is 0. The summed E-state index contributed by atoms with van der Waals surface area (Å²) in [6, 6.07) is 11.5. The van der Waals surface area contributed by atoms with Crippen LogP contribution in [-0.4, -0.2) is 17.7 Å². The van der Waals surface area contributed by atoms with E-state index in [2.05, 4.69) is 0 Å². The van der Waals surface area contributed by atoms with Crippen LogP contribution in [-0.2, 0) is 4.79 Å². The molecule has 0 aromatic heterocycles. The fourth-order valence-corrected chi connectivity index (χ4v) is 2.16. The lowest BCUT2D eigenvalue weighted by Crippen LogP contribution is -2.10. The number of ether oxygens (including phenoxy) is 1. The average molecular weight is 226 g/mol. The topological polar surface area (TPSA) is 46.5 Å². The third-order valence-corrected chi connectivity index (χ3v) is 2.92. The first kappa shape index (κ1) is 9.90. The first-order valence-electron chi connectivity index (χ1n) is 5.36. The van der Waals surface area contributed by atoms with Crippen LogP contribution in [0.15, 0.2) is 42.5 Å². The van der Waals surface area contributed by atoms with Crippen molar-refractivity contribution in [2.75, 3.05) is 6.61 Å². The first-order valence-corrected chi connectivity index (χ1v) is 5.36. The number of hydrogen-bond acceptors (Lipinski definition) is 2. The van der Waals surface area contributed by atoms with Gasteiger partial charge in [0.1, 0.15) is 12.4 Å². The minimum Gasteiger partial charge on any atom is -0.489 e. The smallest absolute Gasteiger partial charge is 0.336 e. The Labute approximate surface area is 97.9 Å². The molecule has 3 nitrogen and oxygen atoms in total. The maximum Gasteiger partial charge on any atom is 0.336 e. The maximum atomic E-state index is 11.2. The Balaban J connectivity index is 2.38. The second-order valence-electron chi connectivity index (χ2n) is 3.89. The second kappa shape index (κ2) is 3.63. The van der Waals surface area contributed by atoms with Crippen LogP contribution in [0.1, 0.15) is 5.56 Å². The van der Waals surface area contributed by atoms with Gasteiger partial charge in [0, 0.05) is 5.56 Å². The summed E-state index contributed by atoms with van der Waals surface area (Å²) in [5, 5.41) is 11.2. The van der Waals surface area contributed by atoms with E-state index in [4.69, 9.17) is 4.74 Å². The summed E-state index contributed by atoms with van der Waals surface area (Å²) >= 11 is 0. The van der Waals surface area contributed by atoms with Crippen LogP contribution >= 0.6 is 0 Å². The Hall–Kier alpha value is -2.29. The number of carboxylic acids is 1. The van der Waals surface area contributed by atoms with Gasteiger partial charge in [0.2, 0.25) is 0 Å². The minimum absolute atomic E-state index is 0.312. The molecule has 0 spiro atoms. The Morgan fingerprint density at radius 2 is 2.00 bits per heavy atom. The molecule has 0 saturated heterocycles. The Morgan fingerprint density at radius 1 is 1.18 bits per heavy atom. The Morgan fingerprint density at radius 3 is 2.82 bits per heavy atom. The zero-order valence-electron chi connectivity index (χ0n) is 9.01. The zero-order chi connectivity index (χ0) is 11.8. The van der Waals surface area contributed by atoms with Crippen molar-refractivity contribution >= 4 is 22.3 Å². The molecular weight excluding hydrogens is 216 g/mol. The van der Waals surface area contributed by atoms with Gasteiger partial charge in [0.15, 0.2) is 0 Å². The molecule has 17 heavy (non-hydrogen) atoms. The third-order valence-electron chi connectivity index (χ3n) is 2.92. The third kappa shape index (κ3) is 1.47. The van der Waals surface area contributed by atoms with Gasteiger partial charge in [-0.1, -0.05) is 30.3 Å². The van der Waals surface area contributed by atoms with Crippen LogP contribution in [0.3, 0.4) is 0 Å². The molecule has 1 aliphatic rings. The SMILES string of the molecule is O=C(O)C1=CCOc2ccc3ccccc3c21. The first-order chi connectivity index (χ1) is 8.27. The molecule has 0 saturated carbocycles. The van der Waals surface area contributed by atoms with Gasteiger partial charge in [-0.15, -0.1) is 0 Å². The van der Waals surface area contributed by atoms with Gasteiger partial charge in [-0.25, -0.2) is 4.79 Å². The zero-order valence-corrected chi connectivity index (χ0v) is 9.01. The summed E-state index contributed by atoms with van der Waals surface area (Å²) in [5.41, 5.74) is 1.00. The molecule has 3 heteroatoms. The normalized spacial score (nSPS) is 13.8. The van der Waals surface area contributed by atoms with Crippen molar-refractivity contribution in [2.45, 2.75) is 0 Å². The molecule has 0 amide bonds. The fraction of sp³-hybridized carbons (Fsp3) is 0.0714. The molecule has 3 rings (SSSR count). The standard InChI is InChI=1S/C14H10O3/c15-14(16)11-7-8-17-12-6-5-9-3-1-2-4-10(9)13(11)12/h1-7H,8H2,(H,15,16). The van der Waals surface area contributed by atoms with Crippen molar-refractivity contribution in [2.24, 2.45) is 0 Å². The molecule has 0 bridgehead atoms. The van der Waals surface area contributed by atoms with E-state index >= 15 is 0 Å². The molecule has 0 unspecified atom stereocenters. The van der Waals surface area contributed by atoms with Crippen LogP contribution in [0.5, 0.6) is 5.75 Å². The highest BCUT2D eigenvalue weighted by atomic mass is 16.5. The van der Waals surface area contributed by atoms with Gasteiger partial charge in [0.05, 0.1) is 5.57 Å². The van der Waals surface area contributed by atoms with E-state index in [1.54, 1.807) is 6.08 Å². The molecule has 1 heterocycles. The molecule has 2 aromatic rings. The quantitative estimate of drug-likeness (QED) is 0.813. The monoisotopic (exact) mass is 226 g/mol. The molecule has 2 aromatic carbocycles. The van der Waals surface area contributed by atoms with Crippen molar-refractivity contribution in [3.05, 3.63) is 48.0 Å². The van der Waals surface area contributed by atoms with Gasteiger partial charge in [-0.2, -0.15) is 0 Å². The molecule has 1 N–H and O–H groups in total. The van der Waals surface area contributed by atoms with Crippen LogP contribution in [0.2, 0.25) is 0 Å². The van der Waals surface area contributed by atoms with E-state index in [9.17, 15) is 9.90 Å². The summed E-state index contributed by atoms with van der Waals surface area (Å²) in [5.74, 6) is -0.269. The van der Waals surface area contributed by atoms with Gasteiger partial charge < -0.3 is 9.84 Å². The Kier molecular flexibility index (Phi) is 2.11. The highest BCUT2D eigenvalue weighted by molar-refractivity contribution is 6.20. The average Bonchev–Trinajstić information content (AvgIpc) is 2.37. The lowest BCUT2D eigenvalue weighted by Gasteiger charge is -2.18. The lowest BCUT2D eigenvalue weighted by atomic mass is 9.96. The van der Waals surface area contributed by atoms with Crippen molar-refractivity contribution in [3.8, 4) is 5.75 Å². The van der Waals surface area contributed by atoms with Crippen molar-refractivity contribution in [1.82, 2.24) is 0 Å². The van der Waals surface area contributed by atoms with Gasteiger partial charge in [0.25, 0.3) is 0 Å². The van der Waals surface area contributed by atoms with Crippen molar-refractivity contribution in [1.29, 1.82) is 0 Å². The van der Waals surface area contributed by atoms with Gasteiger partial charge >= 0.3 is 5.97 Å². The van der Waals surface area contributed by atoms with E-state index in [0.29, 0.717) is 23.5 Å². The number of carbonyl (C=O) groups is 1. The van der Waals surface area contributed by atoms with Gasteiger partial charge in [-0.05, 0) is 22.9 Å². The van der Waals surface area contributed by atoms with Crippen molar-refractivity contribution in [3.63, 3.8) is 0 Å². The highest BCUT2D eigenvalue weighted by Crippen LogP contribution is 2.36. The lowest BCUT2D eigenvalue weighted by molar-refractivity contribution is -0.130. The maximum absolute atomic E-state index is 11.2. The van der Waals surface area contributed by atoms with Crippen LogP contribution < -0.4 is 4.74 Å². The second-order valence-corrected chi connectivity index (χ2v) is 3.89. The summed E-state index contributed by atoms with van der Waals surface area (Å²) in [6.07, 6.45) is 1.61. The molecule has 0 fully saturated rings. The Bertz CT molecular complexity index is 641. The number of hydrogen-bond donors (Lipinski definition) is 1. The molecule has 1 aliphatic heterocycles. The number of aliphatic carboxylic acids is 1. The number of rotatable bonds is 1. The van der Waals surface area contributed by atoms with E-state index in [0.717, 1.165) is 10.8 Å². The van der Waals surface area contributed by atoms with Crippen molar-refractivity contribution < 1.29 is 14.6 Å². The van der Waals surface area contributed by atoms with E-state index in [1.165, 1.54) is 0 Å². The number of fused-ring (bicyclic) bond motifs is 3. The minimum atomic E-state index is -0.911.